The Labute approximate surface area is 102 Å². The van der Waals surface area contributed by atoms with E-state index in [-0.39, 0.29) is 12.4 Å². The van der Waals surface area contributed by atoms with Crippen molar-refractivity contribution in [2.24, 2.45) is 0 Å². The maximum atomic E-state index is 3.60. The van der Waals surface area contributed by atoms with Crippen molar-refractivity contribution in [2.45, 2.75) is 30.2 Å². The minimum Gasteiger partial charge on any atom is -0.310 e. The molecule has 15 heavy (non-hydrogen) atoms. The van der Waals surface area contributed by atoms with Gasteiger partial charge in [0.2, 0.25) is 0 Å². The van der Waals surface area contributed by atoms with Crippen LogP contribution in [0.3, 0.4) is 0 Å². The molecular formula is C12H18ClNS. The molecule has 1 aromatic rings. The first-order chi connectivity index (χ1) is 6.92. The molecule has 0 aromatic heterocycles. The van der Waals surface area contributed by atoms with E-state index in [1.54, 1.807) is 0 Å². The molecule has 0 amide bonds. The molecule has 1 N–H and O–H groups in total. The van der Waals surface area contributed by atoms with Crippen molar-refractivity contribution in [1.29, 1.82) is 0 Å². The van der Waals surface area contributed by atoms with Crippen LogP contribution in [0.1, 0.15) is 30.9 Å². The van der Waals surface area contributed by atoms with Crippen LogP contribution in [0.5, 0.6) is 0 Å². The Morgan fingerprint density at radius 2 is 2.07 bits per heavy atom. The van der Waals surface area contributed by atoms with Crippen LogP contribution in [0.25, 0.3) is 0 Å². The molecule has 0 spiro atoms. The largest absolute Gasteiger partial charge is 0.310 e. The lowest BCUT2D eigenvalue weighted by atomic mass is 9.98. The number of nitrogens with one attached hydrogen (secondary N) is 1. The van der Waals surface area contributed by atoms with Gasteiger partial charge in [-0.2, -0.15) is 0 Å². The molecule has 0 bridgehead atoms. The number of hydrogen-bond donors (Lipinski definition) is 1. The lowest BCUT2D eigenvalue weighted by molar-refractivity contribution is 0.408. The summed E-state index contributed by atoms with van der Waals surface area (Å²) in [5.74, 6) is 0. The van der Waals surface area contributed by atoms with Crippen LogP contribution in [0.15, 0.2) is 29.2 Å². The second-order valence-electron chi connectivity index (χ2n) is 3.74. The summed E-state index contributed by atoms with van der Waals surface area (Å²) in [7, 11) is 0. The van der Waals surface area contributed by atoms with Crippen LogP contribution in [-0.4, -0.2) is 12.8 Å². The Bertz CT molecular complexity index is 297. The summed E-state index contributed by atoms with van der Waals surface area (Å²) in [5, 5.41) is 3.60. The monoisotopic (exact) mass is 243 g/mol. The average Bonchev–Trinajstić information content (AvgIpc) is 2.30. The number of piperidine rings is 1. The maximum Gasteiger partial charge on any atom is 0.0331 e. The topological polar surface area (TPSA) is 12.0 Å². The van der Waals surface area contributed by atoms with Crippen LogP contribution in [0.2, 0.25) is 0 Å². The predicted molar refractivity (Wildman–Crippen MR) is 70.1 cm³/mol. The predicted octanol–water partition coefficient (Wildman–Crippen LogP) is 3.64. The zero-order chi connectivity index (χ0) is 9.80. The summed E-state index contributed by atoms with van der Waals surface area (Å²) in [6.07, 6.45) is 6.14. The Morgan fingerprint density at radius 3 is 2.73 bits per heavy atom. The van der Waals surface area contributed by atoms with Crippen molar-refractivity contribution in [1.82, 2.24) is 5.32 Å². The quantitative estimate of drug-likeness (QED) is 0.796. The Balaban J connectivity index is 0.00000112. The molecule has 1 aliphatic heterocycles. The molecule has 1 fully saturated rings. The molecule has 1 unspecified atom stereocenters. The summed E-state index contributed by atoms with van der Waals surface area (Å²) in [6.45, 7) is 1.17. The van der Waals surface area contributed by atoms with Gasteiger partial charge in [0.05, 0.1) is 0 Å². The fraction of sp³-hybridized carbons (Fsp3) is 0.500. The zero-order valence-electron chi connectivity index (χ0n) is 9.03. The summed E-state index contributed by atoms with van der Waals surface area (Å²) in [5.41, 5.74) is 1.49. The van der Waals surface area contributed by atoms with E-state index in [4.69, 9.17) is 0 Å². The fourth-order valence-corrected chi connectivity index (χ4v) is 2.73. The third-order valence-electron chi connectivity index (χ3n) is 2.82. The lowest BCUT2D eigenvalue weighted by Crippen LogP contribution is -2.27. The lowest BCUT2D eigenvalue weighted by Gasteiger charge is -2.25. The van der Waals surface area contributed by atoms with Gasteiger partial charge in [0.25, 0.3) is 0 Å². The van der Waals surface area contributed by atoms with E-state index in [1.807, 2.05) is 11.8 Å². The van der Waals surface area contributed by atoms with Gasteiger partial charge in [-0.3, -0.25) is 0 Å². The number of thioether (sulfide) groups is 1. The molecule has 0 radical (unpaired) electrons. The molecule has 84 valence electrons. The second kappa shape index (κ2) is 6.41. The number of rotatable bonds is 2. The maximum absolute atomic E-state index is 3.60. The zero-order valence-corrected chi connectivity index (χ0v) is 10.7. The number of benzene rings is 1. The molecule has 1 aromatic carbocycles. The van der Waals surface area contributed by atoms with E-state index in [0.717, 1.165) is 0 Å². The van der Waals surface area contributed by atoms with Gasteiger partial charge in [0, 0.05) is 10.9 Å². The van der Waals surface area contributed by atoms with Crippen molar-refractivity contribution < 1.29 is 0 Å². The van der Waals surface area contributed by atoms with Crippen LogP contribution >= 0.6 is 24.2 Å². The molecule has 0 saturated carbocycles. The Kier molecular flexibility index (Phi) is 5.51. The number of halogens is 1. The summed E-state index contributed by atoms with van der Waals surface area (Å²) >= 11 is 1.85. The second-order valence-corrected chi connectivity index (χ2v) is 4.59. The smallest absolute Gasteiger partial charge is 0.0331 e. The summed E-state index contributed by atoms with van der Waals surface area (Å²) in [4.78, 5) is 1.42. The average molecular weight is 244 g/mol. The Morgan fingerprint density at radius 1 is 1.27 bits per heavy atom. The third kappa shape index (κ3) is 3.13. The fourth-order valence-electron chi connectivity index (χ4n) is 2.07. The minimum atomic E-state index is 0. The van der Waals surface area contributed by atoms with E-state index in [2.05, 4.69) is 35.8 Å². The van der Waals surface area contributed by atoms with E-state index < -0.39 is 0 Å². The highest BCUT2D eigenvalue weighted by Crippen LogP contribution is 2.30. The standard InChI is InChI=1S/C12H17NS.ClH/c1-14-12-8-3-2-6-10(12)11-7-4-5-9-13-11;/h2-3,6,8,11,13H,4-5,7,9H2,1H3;1H. The molecular weight excluding hydrogens is 226 g/mol. The summed E-state index contributed by atoms with van der Waals surface area (Å²) < 4.78 is 0. The van der Waals surface area contributed by atoms with Gasteiger partial charge in [-0.1, -0.05) is 24.6 Å². The van der Waals surface area contributed by atoms with Crippen LogP contribution in [-0.2, 0) is 0 Å². The highest BCUT2D eigenvalue weighted by Gasteiger charge is 2.16. The van der Waals surface area contributed by atoms with Gasteiger partial charge in [0.15, 0.2) is 0 Å². The van der Waals surface area contributed by atoms with E-state index >= 15 is 0 Å². The normalized spacial score (nSPS) is 20.7. The molecule has 1 saturated heterocycles. The summed E-state index contributed by atoms with van der Waals surface area (Å²) in [6, 6.07) is 9.33. The third-order valence-corrected chi connectivity index (χ3v) is 3.64. The number of hydrogen-bond acceptors (Lipinski definition) is 2. The molecule has 2 rings (SSSR count). The van der Waals surface area contributed by atoms with Gasteiger partial charge in [0.1, 0.15) is 0 Å². The molecule has 1 atom stereocenters. The Hall–Kier alpha value is -0.180. The van der Waals surface area contributed by atoms with Crippen molar-refractivity contribution in [3.8, 4) is 0 Å². The van der Waals surface area contributed by atoms with Crippen molar-refractivity contribution in [3.05, 3.63) is 29.8 Å². The molecule has 0 aliphatic carbocycles. The minimum absolute atomic E-state index is 0. The van der Waals surface area contributed by atoms with Crippen LogP contribution in [0.4, 0.5) is 0 Å². The molecule has 1 heterocycles. The first-order valence-corrected chi connectivity index (χ1v) is 6.50. The highest BCUT2D eigenvalue weighted by molar-refractivity contribution is 7.98. The van der Waals surface area contributed by atoms with Gasteiger partial charge in [-0.05, 0) is 37.3 Å². The van der Waals surface area contributed by atoms with E-state index in [1.165, 1.54) is 36.3 Å². The SMILES string of the molecule is CSc1ccccc1C1CCCCN1.Cl. The highest BCUT2D eigenvalue weighted by atomic mass is 35.5. The molecule has 3 heteroatoms. The van der Waals surface area contributed by atoms with E-state index in [0.29, 0.717) is 6.04 Å². The molecule has 1 aliphatic rings. The van der Waals surface area contributed by atoms with Gasteiger partial charge >= 0.3 is 0 Å². The van der Waals surface area contributed by atoms with Crippen molar-refractivity contribution >= 4 is 24.2 Å². The first kappa shape index (κ1) is 12.9. The molecule has 1 nitrogen and oxygen atoms in total. The van der Waals surface area contributed by atoms with Crippen molar-refractivity contribution in [2.75, 3.05) is 12.8 Å². The van der Waals surface area contributed by atoms with Gasteiger partial charge < -0.3 is 5.32 Å². The van der Waals surface area contributed by atoms with Crippen molar-refractivity contribution in [3.63, 3.8) is 0 Å². The van der Waals surface area contributed by atoms with Crippen LogP contribution < -0.4 is 5.32 Å². The van der Waals surface area contributed by atoms with Gasteiger partial charge in [-0.25, -0.2) is 0 Å². The van der Waals surface area contributed by atoms with Crippen LogP contribution in [0, 0.1) is 0 Å². The first-order valence-electron chi connectivity index (χ1n) is 5.28. The van der Waals surface area contributed by atoms with Gasteiger partial charge in [-0.15, -0.1) is 24.2 Å². The van der Waals surface area contributed by atoms with E-state index in [9.17, 15) is 0 Å².